The molecular weight excluding hydrogens is 849 g/mol. The van der Waals surface area contributed by atoms with Gasteiger partial charge >= 0.3 is 0 Å². The summed E-state index contributed by atoms with van der Waals surface area (Å²) in [7, 11) is 0. The molecule has 15 rings (SSSR count). The summed E-state index contributed by atoms with van der Waals surface area (Å²) in [6.07, 6.45) is 0. The van der Waals surface area contributed by atoms with Crippen molar-refractivity contribution < 1.29 is 13.7 Å². The highest BCUT2D eigenvalue weighted by atomic mass is 15.2. The van der Waals surface area contributed by atoms with Crippen LogP contribution in [0.15, 0.2) is 255 Å². The summed E-state index contributed by atoms with van der Waals surface area (Å²) in [6, 6.07) is 60.7. The van der Waals surface area contributed by atoms with Gasteiger partial charge < -0.3 is 18.6 Å². The van der Waals surface area contributed by atoms with Crippen molar-refractivity contribution in [3.05, 3.63) is 255 Å². The number of benzene rings is 11. The molecule has 4 nitrogen and oxygen atoms in total. The van der Waals surface area contributed by atoms with E-state index in [1.807, 2.05) is 119 Å². The quantitative estimate of drug-likeness (QED) is 0.151. The molecule has 0 saturated heterocycles. The number of rotatable bonds is 8. The zero-order valence-corrected chi connectivity index (χ0v) is 37.3. The van der Waals surface area contributed by atoms with Crippen LogP contribution in [0.3, 0.4) is 0 Å². The lowest BCUT2D eigenvalue weighted by Crippen LogP contribution is -2.10. The summed E-state index contributed by atoms with van der Waals surface area (Å²) in [5.41, 5.74) is 12.1. The summed E-state index contributed by atoms with van der Waals surface area (Å²) in [4.78, 5) is 3.63. The third-order valence-electron chi connectivity index (χ3n) is 14.1. The molecule has 0 bridgehead atoms. The molecule has 0 fully saturated rings. The molecule has 0 unspecified atom stereocenters. The monoisotopic (exact) mass is 900 g/mol. The maximum Gasteiger partial charge on any atom is 0.0645 e. The van der Waals surface area contributed by atoms with Gasteiger partial charge in [-0.1, -0.05) is 182 Å². The van der Waals surface area contributed by atoms with E-state index in [9.17, 15) is 5.48 Å². The number of nitrogens with zero attached hydrogens (tertiary/aromatic N) is 4. The van der Waals surface area contributed by atoms with Gasteiger partial charge in [0, 0.05) is 77.0 Å². The second-order valence-electron chi connectivity index (χ2n) is 17.6. The van der Waals surface area contributed by atoms with Crippen LogP contribution in [0.4, 0.5) is 34.1 Å². The Bertz CT molecular complexity index is 4690. The molecule has 0 spiro atoms. The molecule has 15 aromatic rings. The van der Waals surface area contributed by atoms with Crippen LogP contribution >= 0.6 is 0 Å². The first kappa shape index (κ1) is 30.1. The summed E-state index contributed by atoms with van der Waals surface area (Å²) >= 11 is 0. The van der Waals surface area contributed by atoms with E-state index in [2.05, 4.69) is 93.7 Å². The molecule has 0 aliphatic heterocycles. The fourth-order valence-electron chi connectivity index (χ4n) is 11.5. The van der Waals surface area contributed by atoms with Gasteiger partial charge in [0.25, 0.3) is 0 Å². The van der Waals surface area contributed by atoms with Gasteiger partial charge in [-0.15, -0.1) is 0 Å². The number of hydrogen-bond acceptors (Lipinski definition) is 2. The SMILES string of the molecule is [2H]c1c([2H])c([2H])c(N(c2ccccc2)c2ccc3c4c(-c5ccccc5)c5c(c(-c6ccccc6)c4n4c6ccccc6c2c34)c2ccc(N(c3ccccc3)c3c([2H])c([2H])c([2H])c([2H])c3[2H])c3c4ccccc4n5c23)c([2H])c1[2H]. The van der Waals surface area contributed by atoms with Crippen molar-refractivity contribution in [1.29, 1.82) is 0 Å². The Morgan fingerprint density at radius 2 is 0.643 bits per heavy atom. The van der Waals surface area contributed by atoms with E-state index in [4.69, 9.17) is 8.22 Å². The minimum atomic E-state index is -0.467. The van der Waals surface area contributed by atoms with Gasteiger partial charge in [0.1, 0.15) is 0 Å². The van der Waals surface area contributed by atoms with E-state index in [0.717, 1.165) is 98.4 Å². The molecule has 326 valence electrons. The summed E-state index contributed by atoms with van der Waals surface area (Å²) in [5.74, 6) is 0. The van der Waals surface area contributed by atoms with Crippen LogP contribution < -0.4 is 9.80 Å². The van der Waals surface area contributed by atoms with E-state index < -0.39 is 36.3 Å². The van der Waals surface area contributed by atoms with Crippen molar-refractivity contribution in [2.45, 2.75) is 0 Å². The van der Waals surface area contributed by atoms with E-state index in [1.165, 1.54) is 0 Å². The minimum Gasteiger partial charge on any atom is -0.310 e. The lowest BCUT2D eigenvalue weighted by atomic mass is 9.89. The van der Waals surface area contributed by atoms with Gasteiger partial charge in [0.2, 0.25) is 0 Å². The fraction of sp³-hybridized carbons (Fsp3) is 0. The Morgan fingerprint density at radius 1 is 0.286 bits per heavy atom. The van der Waals surface area contributed by atoms with Crippen LogP contribution in [-0.2, 0) is 0 Å². The second-order valence-corrected chi connectivity index (χ2v) is 17.6. The molecule has 11 aromatic carbocycles. The average Bonchev–Trinajstić information content (AvgIpc) is 2.43. The molecule has 0 atom stereocenters. The largest absolute Gasteiger partial charge is 0.310 e. The normalized spacial score (nSPS) is 14.0. The molecule has 4 aromatic heterocycles. The van der Waals surface area contributed by atoms with Crippen molar-refractivity contribution in [2.24, 2.45) is 0 Å². The highest BCUT2D eigenvalue weighted by Crippen LogP contribution is 2.57. The zero-order valence-electron chi connectivity index (χ0n) is 47.3. The molecule has 0 N–H and O–H groups in total. The molecular formula is C66H42N4. The number of para-hydroxylation sites is 6. The molecule has 0 aliphatic rings. The van der Waals surface area contributed by atoms with Crippen LogP contribution in [0.5, 0.6) is 0 Å². The number of aromatic nitrogens is 2. The van der Waals surface area contributed by atoms with E-state index in [0.29, 0.717) is 22.7 Å². The van der Waals surface area contributed by atoms with Gasteiger partial charge in [-0.2, -0.15) is 0 Å². The summed E-state index contributed by atoms with van der Waals surface area (Å²) in [5, 5.41) is 7.39. The standard InChI is InChI=1S/C66H42N4/c1-7-23-43(24-8-1)57-61-51-39-41-55(67(45-27-11-3-12-28-45)46-29-13-4-14-30-46)59-50-36-20-22-38-54(50)70(63(51)59)66(61)58(44-25-9-2-10-26-44)62-52-40-42-56(60-49-35-19-21-37-53(49)69(64(52)60)65(57)62)68(47-31-15-5-16-32-47)48-33-17-6-18-34-48/h1-42H/i3D,5D,11D,12D,15D,16D,27D,28D,31D,32D. The predicted octanol–water partition coefficient (Wildman–Crippen LogP) is 18.3. The highest BCUT2D eigenvalue weighted by molar-refractivity contribution is 6.39. The molecule has 0 radical (unpaired) electrons. The maximum absolute atomic E-state index is 9.38. The fourth-order valence-corrected chi connectivity index (χ4v) is 11.5. The van der Waals surface area contributed by atoms with Crippen molar-refractivity contribution in [3.63, 3.8) is 0 Å². The Hall–Kier alpha value is -9.38. The van der Waals surface area contributed by atoms with Crippen LogP contribution in [0.1, 0.15) is 13.7 Å². The van der Waals surface area contributed by atoms with E-state index in [1.54, 1.807) is 0 Å². The van der Waals surface area contributed by atoms with Crippen LogP contribution in [-0.4, -0.2) is 8.80 Å². The Labute approximate surface area is 418 Å². The van der Waals surface area contributed by atoms with Gasteiger partial charge in [-0.25, -0.2) is 0 Å². The molecule has 4 heteroatoms. The first-order chi connectivity index (χ1) is 39.0. The summed E-state index contributed by atoms with van der Waals surface area (Å²) < 4.78 is 94.8. The van der Waals surface area contributed by atoms with E-state index in [-0.39, 0.29) is 35.5 Å². The Kier molecular flexibility index (Phi) is 6.48. The lowest BCUT2D eigenvalue weighted by Gasteiger charge is -2.26. The first-order valence-electron chi connectivity index (χ1n) is 28.3. The molecule has 0 amide bonds. The second kappa shape index (κ2) is 15.1. The number of fused-ring (bicyclic) bond motifs is 12. The Morgan fingerprint density at radius 3 is 1.04 bits per heavy atom. The topological polar surface area (TPSA) is 15.3 Å². The lowest BCUT2D eigenvalue weighted by molar-refractivity contribution is 1.30. The number of hydrogen-bond donors (Lipinski definition) is 0. The smallest absolute Gasteiger partial charge is 0.0645 e. The zero-order chi connectivity index (χ0) is 54.6. The van der Waals surface area contributed by atoms with Crippen molar-refractivity contribution in [1.82, 2.24) is 8.80 Å². The maximum atomic E-state index is 9.38. The van der Waals surface area contributed by atoms with Gasteiger partial charge in [0.05, 0.1) is 58.2 Å². The van der Waals surface area contributed by atoms with Crippen molar-refractivity contribution in [2.75, 3.05) is 9.80 Å². The molecule has 0 saturated carbocycles. The third kappa shape index (κ3) is 5.36. The van der Waals surface area contributed by atoms with E-state index >= 15 is 0 Å². The Balaban J connectivity index is 1.17. The molecule has 70 heavy (non-hydrogen) atoms. The summed E-state index contributed by atoms with van der Waals surface area (Å²) in [6.45, 7) is 0. The van der Waals surface area contributed by atoms with Crippen LogP contribution in [0.25, 0.3) is 98.4 Å². The van der Waals surface area contributed by atoms with Crippen LogP contribution in [0.2, 0.25) is 0 Å². The third-order valence-corrected chi connectivity index (χ3v) is 14.1. The first-order valence-corrected chi connectivity index (χ1v) is 23.3. The molecule has 0 aliphatic carbocycles. The average molecular weight is 901 g/mol. The van der Waals surface area contributed by atoms with Crippen molar-refractivity contribution >= 4 is 110 Å². The highest BCUT2D eigenvalue weighted by Gasteiger charge is 2.33. The van der Waals surface area contributed by atoms with Gasteiger partial charge in [-0.3, -0.25) is 0 Å². The molecule has 4 heterocycles. The van der Waals surface area contributed by atoms with Gasteiger partial charge in [0.15, 0.2) is 0 Å². The van der Waals surface area contributed by atoms with Crippen molar-refractivity contribution in [3.8, 4) is 22.3 Å². The van der Waals surface area contributed by atoms with Crippen LogP contribution in [0, 0.1) is 0 Å². The van der Waals surface area contributed by atoms with Gasteiger partial charge in [-0.05, 0) is 83.8 Å². The minimum absolute atomic E-state index is 0.0376. The number of anilines is 6. The predicted molar refractivity (Wildman–Crippen MR) is 296 cm³/mol.